The van der Waals surface area contributed by atoms with Crippen LogP contribution in [-0.2, 0) is 17.8 Å². The maximum absolute atomic E-state index is 12.5. The third-order valence-electron chi connectivity index (χ3n) is 3.66. The fourth-order valence-electron chi connectivity index (χ4n) is 2.48. The van der Waals surface area contributed by atoms with Crippen molar-refractivity contribution < 1.29 is 4.79 Å². The van der Waals surface area contributed by atoms with E-state index in [1.165, 1.54) is 10.7 Å². The summed E-state index contributed by atoms with van der Waals surface area (Å²) < 4.78 is 1.17. The van der Waals surface area contributed by atoms with Gasteiger partial charge in [0.1, 0.15) is 6.54 Å². The summed E-state index contributed by atoms with van der Waals surface area (Å²) >= 11 is 1.63. The quantitative estimate of drug-likeness (QED) is 0.735. The average Bonchev–Trinajstić information content (AvgIpc) is 3.11. The molecule has 0 aliphatic heterocycles. The Morgan fingerprint density at radius 3 is 2.84 bits per heavy atom. The van der Waals surface area contributed by atoms with Gasteiger partial charge >= 0.3 is 0 Å². The van der Waals surface area contributed by atoms with E-state index in [1.807, 2.05) is 35.7 Å². The zero-order chi connectivity index (χ0) is 17.6. The lowest BCUT2D eigenvalue weighted by Gasteiger charge is -2.18. The van der Waals surface area contributed by atoms with Gasteiger partial charge in [0.2, 0.25) is 5.91 Å². The van der Waals surface area contributed by atoms with Crippen LogP contribution in [0.4, 0.5) is 0 Å². The molecule has 7 heteroatoms. The first-order valence-electron chi connectivity index (χ1n) is 7.89. The number of carbonyl (C=O) groups excluding carboxylic acids is 1. The van der Waals surface area contributed by atoms with Crippen LogP contribution in [0.1, 0.15) is 22.3 Å². The van der Waals surface area contributed by atoms with Gasteiger partial charge in [-0.15, -0.1) is 11.3 Å². The highest BCUT2D eigenvalue weighted by atomic mass is 32.1. The zero-order valence-electron chi connectivity index (χ0n) is 13.8. The van der Waals surface area contributed by atoms with Crippen molar-refractivity contribution in [2.45, 2.75) is 25.9 Å². The van der Waals surface area contributed by atoms with Gasteiger partial charge in [-0.1, -0.05) is 12.1 Å². The van der Waals surface area contributed by atoms with Crippen molar-refractivity contribution in [1.82, 2.24) is 20.1 Å². The minimum atomic E-state index is -0.298. The fraction of sp³-hybridized carbons (Fsp3) is 0.222. The molecule has 0 bridgehead atoms. The Kier molecular flexibility index (Phi) is 5.35. The second kappa shape index (κ2) is 7.85. The Morgan fingerprint density at radius 2 is 2.12 bits per heavy atom. The molecule has 1 atom stereocenters. The molecule has 3 rings (SSSR count). The Morgan fingerprint density at radius 1 is 1.24 bits per heavy atom. The molecule has 0 radical (unpaired) electrons. The lowest BCUT2D eigenvalue weighted by molar-refractivity contribution is -0.122. The maximum atomic E-state index is 12.5. The van der Waals surface area contributed by atoms with Crippen LogP contribution in [0.25, 0.3) is 0 Å². The van der Waals surface area contributed by atoms with Crippen LogP contribution in [0.15, 0.2) is 58.8 Å². The summed E-state index contributed by atoms with van der Waals surface area (Å²) in [6, 6.07) is 12.4. The van der Waals surface area contributed by atoms with Gasteiger partial charge in [-0.3, -0.25) is 14.6 Å². The standard InChI is InChI=1S/C18H18N4O2S/c1-13-7-8-18(24)22(21-13)12-17(23)20-16(11-14-5-4-10-25-14)15-6-2-3-9-19-15/h2-10,16H,11-12H2,1H3,(H,20,23)/t16-/m1/s1. The lowest BCUT2D eigenvalue weighted by atomic mass is 10.1. The van der Waals surface area contributed by atoms with Crippen molar-refractivity contribution in [3.8, 4) is 0 Å². The Balaban J connectivity index is 1.76. The Bertz CT molecular complexity index is 891. The number of aromatic nitrogens is 3. The molecular weight excluding hydrogens is 336 g/mol. The summed E-state index contributed by atoms with van der Waals surface area (Å²) in [5.41, 5.74) is 1.18. The molecule has 3 aromatic heterocycles. The largest absolute Gasteiger partial charge is 0.346 e. The van der Waals surface area contributed by atoms with E-state index in [2.05, 4.69) is 15.4 Å². The molecule has 3 aromatic rings. The Hall–Kier alpha value is -2.80. The SMILES string of the molecule is Cc1ccc(=O)n(CC(=O)N[C@H](Cc2cccs2)c2ccccn2)n1. The van der Waals surface area contributed by atoms with Gasteiger partial charge in [-0.25, -0.2) is 4.68 Å². The molecule has 0 aromatic carbocycles. The van der Waals surface area contributed by atoms with Gasteiger partial charge < -0.3 is 5.32 Å². The molecule has 0 aliphatic carbocycles. The molecule has 0 saturated carbocycles. The number of hydrogen-bond donors (Lipinski definition) is 1. The van der Waals surface area contributed by atoms with Crippen LogP contribution in [0.2, 0.25) is 0 Å². The highest BCUT2D eigenvalue weighted by Crippen LogP contribution is 2.19. The molecular formula is C18H18N4O2S. The second-order valence-corrected chi connectivity index (χ2v) is 6.66. The molecule has 0 aliphatic rings. The van der Waals surface area contributed by atoms with Gasteiger partial charge in [0.05, 0.1) is 17.4 Å². The summed E-state index contributed by atoms with van der Waals surface area (Å²) in [7, 11) is 0. The molecule has 0 spiro atoms. The highest BCUT2D eigenvalue weighted by Gasteiger charge is 2.17. The van der Waals surface area contributed by atoms with Gasteiger partial charge in [-0.05, 0) is 36.6 Å². The van der Waals surface area contributed by atoms with Gasteiger partial charge in [0.15, 0.2) is 0 Å². The molecule has 25 heavy (non-hydrogen) atoms. The molecule has 0 unspecified atom stereocenters. The van der Waals surface area contributed by atoms with E-state index in [9.17, 15) is 9.59 Å². The van der Waals surface area contributed by atoms with Crippen LogP contribution in [-0.4, -0.2) is 20.7 Å². The highest BCUT2D eigenvalue weighted by molar-refractivity contribution is 7.09. The van der Waals surface area contributed by atoms with Crippen LogP contribution < -0.4 is 10.9 Å². The van der Waals surface area contributed by atoms with Crippen LogP contribution in [0.3, 0.4) is 0 Å². The van der Waals surface area contributed by atoms with E-state index in [0.717, 1.165) is 10.6 Å². The maximum Gasteiger partial charge on any atom is 0.267 e. The van der Waals surface area contributed by atoms with Crippen molar-refractivity contribution in [3.05, 3.63) is 80.7 Å². The zero-order valence-corrected chi connectivity index (χ0v) is 14.6. The number of carbonyl (C=O) groups is 1. The normalized spacial score (nSPS) is 11.9. The third kappa shape index (κ3) is 4.60. The van der Waals surface area contributed by atoms with Crippen molar-refractivity contribution in [2.75, 3.05) is 0 Å². The van der Waals surface area contributed by atoms with E-state index < -0.39 is 0 Å². The summed E-state index contributed by atoms with van der Waals surface area (Å²) in [5.74, 6) is -0.271. The van der Waals surface area contributed by atoms with Crippen molar-refractivity contribution in [2.24, 2.45) is 0 Å². The molecule has 0 fully saturated rings. The summed E-state index contributed by atoms with van der Waals surface area (Å²) in [5, 5.41) is 9.07. The predicted octanol–water partition coefficient (Wildman–Crippen LogP) is 2.11. The first-order chi connectivity index (χ1) is 12.1. The second-order valence-electron chi connectivity index (χ2n) is 5.63. The monoisotopic (exact) mass is 354 g/mol. The van der Waals surface area contributed by atoms with Crippen molar-refractivity contribution in [3.63, 3.8) is 0 Å². The van der Waals surface area contributed by atoms with Gasteiger partial charge in [-0.2, -0.15) is 5.10 Å². The van der Waals surface area contributed by atoms with Gasteiger partial charge in [0, 0.05) is 23.6 Å². The van der Waals surface area contributed by atoms with E-state index >= 15 is 0 Å². The smallest absolute Gasteiger partial charge is 0.267 e. The third-order valence-corrected chi connectivity index (χ3v) is 4.56. The topological polar surface area (TPSA) is 76.9 Å². The van der Waals surface area contributed by atoms with E-state index in [0.29, 0.717) is 12.1 Å². The Labute approximate surface area is 149 Å². The van der Waals surface area contributed by atoms with E-state index in [4.69, 9.17) is 0 Å². The van der Waals surface area contributed by atoms with Gasteiger partial charge in [0.25, 0.3) is 5.56 Å². The fourth-order valence-corrected chi connectivity index (χ4v) is 3.23. The average molecular weight is 354 g/mol. The number of hydrogen-bond acceptors (Lipinski definition) is 5. The first kappa shape index (κ1) is 17.0. The number of pyridine rings is 1. The minimum Gasteiger partial charge on any atom is -0.346 e. The van der Waals surface area contributed by atoms with Crippen molar-refractivity contribution >= 4 is 17.2 Å². The number of aryl methyl sites for hydroxylation is 1. The number of nitrogens with one attached hydrogen (secondary N) is 1. The molecule has 128 valence electrons. The van der Waals surface area contributed by atoms with Crippen LogP contribution >= 0.6 is 11.3 Å². The molecule has 1 N–H and O–H groups in total. The number of nitrogens with zero attached hydrogens (tertiary/aromatic N) is 3. The van der Waals surface area contributed by atoms with Crippen molar-refractivity contribution in [1.29, 1.82) is 0 Å². The minimum absolute atomic E-state index is 0.117. The number of amides is 1. The molecule has 1 amide bonds. The number of rotatable bonds is 6. The number of thiophene rings is 1. The molecule has 3 heterocycles. The summed E-state index contributed by atoms with van der Waals surface area (Å²) in [4.78, 5) is 29.8. The lowest BCUT2D eigenvalue weighted by Crippen LogP contribution is -2.36. The van der Waals surface area contributed by atoms with E-state index in [1.54, 1.807) is 30.5 Å². The van der Waals surface area contributed by atoms with Crippen LogP contribution in [0.5, 0.6) is 0 Å². The summed E-state index contributed by atoms with van der Waals surface area (Å²) in [6.45, 7) is 1.66. The molecule has 6 nitrogen and oxygen atoms in total. The van der Waals surface area contributed by atoms with Crippen LogP contribution in [0, 0.1) is 6.92 Å². The van der Waals surface area contributed by atoms with E-state index in [-0.39, 0.29) is 24.1 Å². The predicted molar refractivity (Wildman–Crippen MR) is 96.4 cm³/mol. The molecule has 0 saturated heterocycles. The summed E-state index contributed by atoms with van der Waals surface area (Å²) in [6.07, 6.45) is 2.35. The first-order valence-corrected chi connectivity index (χ1v) is 8.77.